The van der Waals surface area contributed by atoms with Gasteiger partial charge in [-0.05, 0) is 20.3 Å². The van der Waals surface area contributed by atoms with Crippen molar-refractivity contribution in [1.29, 1.82) is 0 Å². The van der Waals surface area contributed by atoms with E-state index in [1.807, 2.05) is 13.8 Å². The SMILES string of the molecule is Cc1nc(C)c(CC(=O)N2CCC(O)(CN3CCOCC3)C2)s1. The topological polar surface area (TPSA) is 65.9 Å². The van der Waals surface area contributed by atoms with Crippen molar-refractivity contribution in [3.05, 3.63) is 15.6 Å². The first kappa shape index (κ1) is 16.8. The molecule has 23 heavy (non-hydrogen) atoms. The highest BCUT2D eigenvalue weighted by atomic mass is 32.1. The van der Waals surface area contributed by atoms with Gasteiger partial charge in [-0.15, -0.1) is 11.3 Å². The Kier molecular flexibility index (Phi) is 5.01. The van der Waals surface area contributed by atoms with Gasteiger partial charge < -0.3 is 14.7 Å². The maximum Gasteiger partial charge on any atom is 0.227 e. The Morgan fingerprint density at radius 1 is 1.35 bits per heavy atom. The molecule has 2 fully saturated rings. The molecule has 0 radical (unpaired) electrons. The monoisotopic (exact) mass is 339 g/mol. The minimum atomic E-state index is -0.786. The average molecular weight is 339 g/mol. The van der Waals surface area contributed by atoms with Crippen molar-refractivity contribution < 1.29 is 14.6 Å². The minimum Gasteiger partial charge on any atom is -0.387 e. The lowest BCUT2D eigenvalue weighted by Gasteiger charge is -2.33. The number of thiazole rings is 1. The van der Waals surface area contributed by atoms with E-state index in [4.69, 9.17) is 4.74 Å². The van der Waals surface area contributed by atoms with Crippen LogP contribution in [-0.2, 0) is 16.0 Å². The lowest BCUT2D eigenvalue weighted by molar-refractivity contribution is -0.130. The Morgan fingerprint density at radius 3 is 2.74 bits per heavy atom. The van der Waals surface area contributed by atoms with Crippen LogP contribution < -0.4 is 0 Å². The number of nitrogens with zero attached hydrogens (tertiary/aromatic N) is 3. The fourth-order valence-electron chi connectivity index (χ4n) is 3.36. The fraction of sp³-hybridized carbons (Fsp3) is 0.750. The molecule has 128 valence electrons. The molecule has 2 aliphatic rings. The van der Waals surface area contributed by atoms with Crippen LogP contribution in [-0.4, -0.2) is 77.3 Å². The van der Waals surface area contributed by atoms with Crippen molar-refractivity contribution in [1.82, 2.24) is 14.8 Å². The normalized spacial score (nSPS) is 26.0. The number of amides is 1. The molecule has 6 nitrogen and oxygen atoms in total. The maximum absolute atomic E-state index is 12.5. The zero-order valence-electron chi connectivity index (χ0n) is 13.9. The molecule has 1 N–H and O–H groups in total. The summed E-state index contributed by atoms with van der Waals surface area (Å²) in [6, 6.07) is 0. The first-order valence-electron chi connectivity index (χ1n) is 8.18. The number of hydrogen-bond acceptors (Lipinski definition) is 6. The third-order valence-corrected chi connectivity index (χ3v) is 5.69. The fourth-order valence-corrected chi connectivity index (χ4v) is 4.29. The third kappa shape index (κ3) is 4.09. The summed E-state index contributed by atoms with van der Waals surface area (Å²) in [4.78, 5) is 22.0. The standard InChI is InChI=1S/C16H25N3O3S/c1-12-14(23-13(2)17-12)9-15(20)19-4-3-16(21,11-19)10-18-5-7-22-8-6-18/h21H,3-11H2,1-2H3. The van der Waals surface area contributed by atoms with Crippen LogP contribution >= 0.6 is 11.3 Å². The number of carbonyl (C=O) groups excluding carboxylic acids is 1. The summed E-state index contributed by atoms with van der Waals surface area (Å²) in [5.41, 5.74) is 0.162. The molecule has 0 saturated carbocycles. The van der Waals surface area contributed by atoms with E-state index in [0.717, 1.165) is 41.9 Å². The summed E-state index contributed by atoms with van der Waals surface area (Å²) in [5.74, 6) is 0.0923. The highest BCUT2D eigenvalue weighted by Crippen LogP contribution is 2.25. The molecule has 0 aromatic carbocycles. The van der Waals surface area contributed by atoms with Gasteiger partial charge in [0, 0.05) is 31.1 Å². The first-order chi connectivity index (χ1) is 11.0. The van der Waals surface area contributed by atoms with Crippen LogP contribution in [0.1, 0.15) is 22.0 Å². The van der Waals surface area contributed by atoms with E-state index in [2.05, 4.69) is 9.88 Å². The number of β-amino-alcohol motifs (C(OH)–C–C–N with tert-alkyl or cyclic N) is 1. The number of aryl methyl sites for hydroxylation is 2. The summed E-state index contributed by atoms with van der Waals surface area (Å²) < 4.78 is 5.34. The van der Waals surface area contributed by atoms with Crippen LogP contribution in [0, 0.1) is 13.8 Å². The number of aromatic nitrogens is 1. The second-order valence-electron chi connectivity index (χ2n) is 6.60. The van der Waals surface area contributed by atoms with Crippen LogP contribution in [0.4, 0.5) is 0 Å². The van der Waals surface area contributed by atoms with Crippen molar-refractivity contribution >= 4 is 17.2 Å². The number of aliphatic hydroxyl groups is 1. The van der Waals surface area contributed by atoms with Gasteiger partial charge in [0.2, 0.25) is 5.91 Å². The van der Waals surface area contributed by atoms with Gasteiger partial charge >= 0.3 is 0 Å². The van der Waals surface area contributed by atoms with Gasteiger partial charge in [-0.2, -0.15) is 0 Å². The lowest BCUT2D eigenvalue weighted by atomic mass is 10.0. The molecule has 1 aromatic rings. The Hall–Kier alpha value is -1.02. The number of ether oxygens (including phenoxy) is 1. The average Bonchev–Trinajstić information content (AvgIpc) is 3.03. The predicted octanol–water partition coefficient (Wildman–Crippen LogP) is 0.598. The van der Waals surface area contributed by atoms with Gasteiger partial charge in [0.05, 0.1) is 42.5 Å². The van der Waals surface area contributed by atoms with Crippen molar-refractivity contribution in [2.75, 3.05) is 45.9 Å². The number of likely N-dealkylation sites (tertiary alicyclic amines) is 1. The van der Waals surface area contributed by atoms with Gasteiger partial charge in [0.25, 0.3) is 0 Å². The minimum absolute atomic E-state index is 0.0923. The summed E-state index contributed by atoms with van der Waals surface area (Å²) in [6.45, 7) is 8.76. The zero-order valence-corrected chi connectivity index (χ0v) is 14.7. The van der Waals surface area contributed by atoms with Crippen molar-refractivity contribution in [2.45, 2.75) is 32.3 Å². The van der Waals surface area contributed by atoms with E-state index in [0.29, 0.717) is 32.5 Å². The summed E-state index contributed by atoms with van der Waals surface area (Å²) >= 11 is 1.59. The number of morpholine rings is 1. The van der Waals surface area contributed by atoms with E-state index in [1.165, 1.54) is 0 Å². The molecule has 2 saturated heterocycles. The van der Waals surface area contributed by atoms with Crippen LogP contribution in [0.2, 0.25) is 0 Å². The highest BCUT2D eigenvalue weighted by Gasteiger charge is 2.39. The van der Waals surface area contributed by atoms with Gasteiger partial charge in [-0.3, -0.25) is 9.69 Å². The maximum atomic E-state index is 12.5. The second kappa shape index (κ2) is 6.84. The molecule has 1 atom stereocenters. The van der Waals surface area contributed by atoms with E-state index in [1.54, 1.807) is 16.2 Å². The number of hydrogen-bond donors (Lipinski definition) is 1. The highest BCUT2D eigenvalue weighted by molar-refractivity contribution is 7.11. The van der Waals surface area contributed by atoms with E-state index < -0.39 is 5.60 Å². The van der Waals surface area contributed by atoms with Crippen molar-refractivity contribution in [3.63, 3.8) is 0 Å². The summed E-state index contributed by atoms with van der Waals surface area (Å²) in [5, 5.41) is 11.8. The Bertz CT molecular complexity index is 571. The molecule has 7 heteroatoms. The Morgan fingerprint density at radius 2 is 2.09 bits per heavy atom. The number of rotatable bonds is 4. The van der Waals surface area contributed by atoms with Gasteiger partial charge in [0.15, 0.2) is 0 Å². The molecular formula is C16H25N3O3S. The van der Waals surface area contributed by atoms with Gasteiger partial charge in [-0.25, -0.2) is 4.98 Å². The van der Waals surface area contributed by atoms with E-state index >= 15 is 0 Å². The summed E-state index contributed by atoms with van der Waals surface area (Å²) in [7, 11) is 0. The van der Waals surface area contributed by atoms with Crippen molar-refractivity contribution in [3.8, 4) is 0 Å². The van der Waals surface area contributed by atoms with Crippen LogP contribution in [0.15, 0.2) is 0 Å². The molecule has 3 heterocycles. The largest absolute Gasteiger partial charge is 0.387 e. The van der Waals surface area contributed by atoms with Crippen molar-refractivity contribution in [2.24, 2.45) is 0 Å². The van der Waals surface area contributed by atoms with Gasteiger partial charge in [-0.1, -0.05) is 0 Å². The molecular weight excluding hydrogens is 314 g/mol. The molecule has 1 aromatic heterocycles. The van der Waals surface area contributed by atoms with E-state index in [9.17, 15) is 9.90 Å². The quantitative estimate of drug-likeness (QED) is 0.870. The van der Waals surface area contributed by atoms with Crippen LogP contribution in [0.3, 0.4) is 0 Å². The molecule has 0 aliphatic carbocycles. The van der Waals surface area contributed by atoms with E-state index in [-0.39, 0.29) is 5.91 Å². The smallest absolute Gasteiger partial charge is 0.227 e. The number of carbonyl (C=O) groups is 1. The molecule has 3 rings (SSSR count). The Balaban J connectivity index is 1.55. The molecule has 1 unspecified atom stereocenters. The second-order valence-corrected chi connectivity index (χ2v) is 7.88. The molecule has 0 spiro atoms. The first-order valence-corrected chi connectivity index (χ1v) is 9.00. The molecule has 0 bridgehead atoms. The lowest BCUT2D eigenvalue weighted by Crippen LogP contribution is -2.49. The van der Waals surface area contributed by atoms with Crippen LogP contribution in [0.5, 0.6) is 0 Å². The predicted molar refractivity (Wildman–Crippen MR) is 88.7 cm³/mol. The van der Waals surface area contributed by atoms with Crippen LogP contribution in [0.25, 0.3) is 0 Å². The molecule has 2 aliphatic heterocycles. The Labute approximate surface area is 141 Å². The third-order valence-electron chi connectivity index (χ3n) is 4.62. The van der Waals surface area contributed by atoms with Gasteiger partial charge in [0.1, 0.15) is 0 Å². The summed E-state index contributed by atoms with van der Waals surface area (Å²) in [6.07, 6.45) is 1.04. The molecule has 1 amide bonds. The zero-order chi connectivity index (χ0) is 16.4.